The summed E-state index contributed by atoms with van der Waals surface area (Å²) in [6.07, 6.45) is 9.86. The molecule has 9 heteroatoms. The molecule has 2 aliphatic carbocycles. The smallest absolute Gasteiger partial charge is 0.321 e. The lowest BCUT2D eigenvalue weighted by atomic mass is 9.96. The number of halogens is 1. The number of rotatable bonds is 6. The van der Waals surface area contributed by atoms with Crippen LogP contribution in [0, 0.1) is 0 Å². The molecule has 4 rings (SSSR count). The van der Waals surface area contributed by atoms with E-state index in [1.165, 1.54) is 18.2 Å². The van der Waals surface area contributed by atoms with Gasteiger partial charge in [0.15, 0.2) is 11.0 Å². The number of hydrogen-bond donors (Lipinski definition) is 2. The highest BCUT2D eigenvalue weighted by Gasteiger charge is 2.26. The lowest BCUT2D eigenvalue weighted by molar-refractivity contribution is -0.117. The molecule has 0 unspecified atom stereocenters. The molecule has 1 aromatic carbocycles. The van der Waals surface area contributed by atoms with Crippen LogP contribution in [0.5, 0.6) is 0 Å². The number of imide groups is 1. The third-order valence-corrected chi connectivity index (χ3v) is 7.27. The van der Waals surface area contributed by atoms with Crippen LogP contribution in [0.25, 0.3) is 11.4 Å². The summed E-state index contributed by atoms with van der Waals surface area (Å²) in [7, 11) is 0. The molecule has 3 amide bonds. The van der Waals surface area contributed by atoms with Crippen molar-refractivity contribution in [3.05, 3.63) is 29.3 Å². The fourth-order valence-electron chi connectivity index (χ4n) is 4.45. The van der Waals surface area contributed by atoms with E-state index >= 15 is 0 Å². The molecule has 0 radical (unpaired) electrons. The van der Waals surface area contributed by atoms with Gasteiger partial charge >= 0.3 is 6.03 Å². The Labute approximate surface area is 191 Å². The molecule has 31 heavy (non-hydrogen) atoms. The van der Waals surface area contributed by atoms with Crippen molar-refractivity contribution in [3.63, 3.8) is 0 Å². The molecule has 0 spiro atoms. The van der Waals surface area contributed by atoms with Crippen LogP contribution >= 0.6 is 23.4 Å². The Kier molecular flexibility index (Phi) is 7.50. The summed E-state index contributed by atoms with van der Waals surface area (Å²) in [4.78, 5) is 24.5. The van der Waals surface area contributed by atoms with E-state index in [0.29, 0.717) is 16.2 Å². The summed E-state index contributed by atoms with van der Waals surface area (Å²) in [6, 6.07) is 7.65. The number of hydrogen-bond acceptors (Lipinski definition) is 5. The number of carbonyl (C=O) groups excluding carboxylic acids is 2. The van der Waals surface area contributed by atoms with Crippen LogP contribution in [0.15, 0.2) is 29.4 Å². The lowest BCUT2D eigenvalue weighted by Gasteiger charge is -2.22. The molecule has 166 valence electrons. The monoisotopic (exact) mass is 461 g/mol. The second-order valence-electron chi connectivity index (χ2n) is 8.24. The average Bonchev–Trinajstić information content (AvgIpc) is 3.43. The Balaban J connectivity index is 1.41. The molecule has 1 heterocycles. The van der Waals surface area contributed by atoms with E-state index in [1.807, 2.05) is 24.3 Å². The summed E-state index contributed by atoms with van der Waals surface area (Å²) >= 11 is 7.72. The largest absolute Gasteiger partial charge is 0.335 e. The van der Waals surface area contributed by atoms with Gasteiger partial charge in [-0.3, -0.25) is 14.7 Å². The number of nitrogens with zero attached hydrogens (tertiary/aromatic N) is 3. The maximum Gasteiger partial charge on any atom is 0.321 e. The minimum Gasteiger partial charge on any atom is -0.335 e. The number of nitrogens with one attached hydrogen (secondary N) is 2. The summed E-state index contributed by atoms with van der Waals surface area (Å²) in [5.74, 6) is 0.500. The van der Waals surface area contributed by atoms with Crippen molar-refractivity contribution in [1.29, 1.82) is 0 Å². The number of amides is 3. The van der Waals surface area contributed by atoms with Crippen LogP contribution in [0.3, 0.4) is 0 Å². The van der Waals surface area contributed by atoms with Gasteiger partial charge in [0.05, 0.1) is 10.8 Å². The zero-order chi connectivity index (χ0) is 21.6. The summed E-state index contributed by atoms with van der Waals surface area (Å²) < 4.78 is 2.12. The zero-order valence-corrected chi connectivity index (χ0v) is 19.1. The molecule has 2 N–H and O–H groups in total. The Hall–Kier alpha value is -2.06. The van der Waals surface area contributed by atoms with Crippen molar-refractivity contribution in [1.82, 2.24) is 25.4 Å². The topological polar surface area (TPSA) is 88.9 Å². The van der Waals surface area contributed by atoms with Crippen LogP contribution in [0.1, 0.15) is 63.8 Å². The first-order valence-electron chi connectivity index (χ1n) is 11.0. The highest BCUT2D eigenvalue weighted by Crippen LogP contribution is 2.38. The molecule has 2 saturated carbocycles. The minimum absolute atomic E-state index is 0.103. The van der Waals surface area contributed by atoms with E-state index in [1.54, 1.807) is 0 Å². The van der Waals surface area contributed by atoms with Gasteiger partial charge in [-0.25, -0.2) is 4.79 Å². The van der Waals surface area contributed by atoms with Crippen LogP contribution in [0.4, 0.5) is 4.79 Å². The summed E-state index contributed by atoms with van der Waals surface area (Å²) in [5.41, 5.74) is 0.840. The van der Waals surface area contributed by atoms with Crippen LogP contribution < -0.4 is 10.6 Å². The Morgan fingerprint density at radius 1 is 1.03 bits per heavy atom. The minimum atomic E-state index is -0.411. The third kappa shape index (κ3) is 5.60. The molecule has 0 bridgehead atoms. The molecule has 2 aromatic rings. The first-order chi connectivity index (χ1) is 15.1. The van der Waals surface area contributed by atoms with Gasteiger partial charge in [0.2, 0.25) is 5.91 Å². The third-order valence-electron chi connectivity index (χ3n) is 5.99. The maximum absolute atomic E-state index is 12.4. The van der Waals surface area contributed by atoms with E-state index in [0.717, 1.165) is 62.8 Å². The van der Waals surface area contributed by atoms with Gasteiger partial charge in [-0.2, -0.15) is 0 Å². The van der Waals surface area contributed by atoms with Crippen molar-refractivity contribution >= 4 is 35.3 Å². The first-order valence-corrected chi connectivity index (χ1v) is 12.4. The van der Waals surface area contributed by atoms with Crippen LogP contribution in [-0.2, 0) is 4.79 Å². The number of thioether (sulfide) groups is 1. The van der Waals surface area contributed by atoms with Crippen molar-refractivity contribution in [2.45, 2.75) is 75.0 Å². The quantitative estimate of drug-likeness (QED) is 0.593. The van der Waals surface area contributed by atoms with Gasteiger partial charge in [0.25, 0.3) is 0 Å². The molecule has 7 nitrogen and oxygen atoms in total. The molecular formula is C22H28ClN5O2S. The molecule has 2 fully saturated rings. The fourth-order valence-corrected chi connectivity index (χ4v) is 5.48. The fraction of sp³-hybridized carbons (Fsp3) is 0.545. The van der Waals surface area contributed by atoms with Crippen molar-refractivity contribution in [2.75, 3.05) is 5.75 Å². The highest BCUT2D eigenvalue weighted by molar-refractivity contribution is 7.99. The summed E-state index contributed by atoms with van der Waals surface area (Å²) in [5, 5.41) is 15.4. The molecule has 0 aliphatic heterocycles. The summed E-state index contributed by atoms with van der Waals surface area (Å²) in [6.45, 7) is 0. The Morgan fingerprint density at radius 3 is 2.48 bits per heavy atom. The SMILES string of the molecule is O=C(CSc1nnc(-c2ccccc2Cl)n1C1CCCC1)NC(=O)NC1CCCCC1. The predicted molar refractivity (Wildman–Crippen MR) is 122 cm³/mol. The van der Waals surface area contributed by atoms with E-state index in [9.17, 15) is 9.59 Å². The molecule has 2 aliphatic rings. The van der Waals surface area contributed by atoms with Gasteiger partial charge in [0.1, 0.15) is 0 Å². The standard InChI is InChI=1S/C22H28ClN5O2S/c23-18-13-7-6-12-17(18)20-26-27-22(28(20)16-10-4-5-11-16)31-14-19(29)25-21(30)24-15-8-2-1-3-9-15/h6-7,12-13,15-16H,1-5,8-11,14H2,(H2,24,25,29,30). The van der Waals surface area contributed by atoms with E-state index < -0.39 is 6.03 Å². The zero-order valence-electron chi connectivity index (χ0n) is 17.5. The highest BCUT2D eigenvalue weighted by atomic mass is 35.5. The van der Waals surface area contributed by atoms with Gasteiger partial charge in [-0.05, 0) is 37.8 Å². The second kappa shape index (κ2) is 10.5. The van der Waals surface area contributed by atoms with Gasteiger partial charge in [-0.1, -0.05) is 67.6 Å². The van der Waals surface area contributed by atoms with Gasteiger partial charge in [0, 0.05) is 17.6 Å². The number of aromatic nitrogens is 3. The van der Waals surface area contributed by atoms with Crippen molar-refractivity contribution < 1.29 is 9.59 Å². The van der Waals surface area contributed by atoms with Crippen LogP contribution in [-0.4, -0.2) is 38.5 Å². The van der Waals surface area contributed by atoms with E-state index in [4.69, 9.17) is 11.6 Å². The molecule has 0 saturated heterocycles. The second-order valence-corrected chi connectivity index (χ2v) is 9.59. The first kappa shape index (κ1) is 22.1. The number of urea groups is 1. The maximum atomic E-state index is 12.4. The van der Waals surface area contributed by atoms with Crippen molar-refractivity contribution in [2.24, 2.45) is 0 Å². The molecule has 0 atom stereocenters. The van der Waals surface area contributed by atoms with Gasteiger partial charge < -0.3 is 5.32 Å². The molecule has 1 aromatic heterocycles. The Bertz CT molecular complexity index is 922. The van der Waals surface area contributed by atoms with E-state index in [-0.39, 0.29) is 17.7 Å². The normalized spacial score (nSPS) is 17.6. The van der Waals surface area contributed by atoms with Crippen molar-refractivity contribution in [3.8, 4) is 11.4 Å². The lowest BCUT2D eigenvalue weighted by Crippen LogP contribution is -2.45. The van der Waals surface area contributed by atoms with Gasteiger partial charge in [-0.15, -0.1) is 10.2 Å². The Morgan fingerprint density at radius 2 is 1.74 bits per heavy atom. The number of benzene rings is 1. The number of carbonyl (C=O) groups is 2. The van der Waals surface area contributed by atoms with E-state index in [2.05, 4.69) is 25.4 Å². The molecular weight excluding hydrogens is 434 g/mol. The van der Waals surface area contributed by atoms with Crippen LogP contribution in [0.2, 0.25) is 5.02 Å². The predicted octanol–water partition coefficient (Wildman–Crippen LogP) is 4.96. The average molecular weight is 462 g/mol.